The number of rotatable bonds is 6. The highest BCUT2D eigenvalue weighted by Crippen LogP contribution is 2.43. The van der Waals surface area contributed by atoms with Crippen molar-refractivity contribution in [2.24, 2.45) is 0 Å². The van der Waals surface area contributed by atoms with E-state index in [0.29, 0.717) is 5.02 Å². The molecule has 0 radical (unpaired) electrons. The molecule has 0 unspecified atom stereocenters. The van der Waals surface area contributed by atoms with E-state index >= 15 is 0 Å². The number of carbonyl (C=O) groups is 1. The van der Waals surface area contributed by atoms with Gasteiger partial charge in [0, 0.05) is 4.47 Å². The van der Waals surface area contributed by atoms with Gasteiger partial charge in [-0.2, -0.15) is 0 Å². The molecule has 0 aromatic heterocycles. The fraction of sp³-hybridized carbons (Fsp3) is 0.632. The van der Waals surface area contributed by atoms with E-state index < -0.39 is 42.0 Å². The average Bonchev–Trinajstić information content (AvgIpc) is 3.08. The molecular weight excluding hydrogens is 475 g/mol. The van der Waals surface area contributed by atoms with Crippen LogP contribution in [0.25, 0.3) is 0 Å². The Morgan fingerprint density at radius 2 is 2.04 bits per heavy atom. The molecule has 2 fully saturated rings. The lowest BCUT2D eigenvalue weighted by Gasteiger charge is -2.35. The second-order valence-electron chi connectivity index (χ2n) is 7.72. The highest BCUT2D eigenvalue weighted by atomic mass is 79.9. The van der Waals surface area contributed by atoms with Gasteiger partial charge in [0.1, 0.15) is 29.8 Å². The van der Waals surface area contributed by atoms with E-state index in [1.807, 2.05) is 32.0 Å². The SMILES string of the molecule is CC1(C)O[C@H]2O[C@H](C(C)(C)OC(=O)CCl)[C@H](OCc3cccc(Br)c3Cl)[C@H]2O1. The lowest BCUT2D eigenvalue weighted by molar-refractivity contribution is -0.244. The van der Waals surface area contributed by atoms with Crippen LogP contribution < -0.4 is 0 Å². The standard InChI is InChI=1S/C19H23BrCl2O6/c1-18(2,26-12(23)8-21)16-14(15-17(25-16)28-19(3,4)27-15)24-9-10-6-5-7-11(20)13(10)22/h5-7,14-17H,8-9H2,1-4H3/t14-,15-,16+,17-/m1/s1. The number of hydrogen-bond donors (Lipinski definition) is 0. The predicted octanol–water partition coefficient (Wildman–Crippen LogP) is 4.42. The van der Waals surface area contributed by atoms with Crippen molar-refractivity contribution in [3.8, 4) is 0 Å². The molecule has 4 atom stereocenters. The van der Waals surface area contributed by atoms with Gasteiger partial charge in [0.2, 0.25) is 0 Å². The van der Waals surface area contributed by atoms with Crippen LogP contribution in [0.3, 0.4) is 0 Å². The zero-order valence-corrected chi connectivity index (χ0v) is 19.1. The number of ether oxygens (including phenoxy) is 5. The molecule has 0 bridgehead atoms. The molecule has 0 aliphatic carbocycles. The van der Waals surface area contributed by atoms with Crippen molar-refractivity contribution >= 4 is 45.1 Å². The molecule has 2 aliphatic heterocycles. The number of fused-ring (bicyclic) bond motifs is 1. The Labute approximate surface area is 182 Å². The van der Waals surface area contributed by atoms with Crippen LogP contribution in [0.5, 0.6) is 0 Å². The molecule has 9 heteroatoms. The Morgan fingerprint density at radius 3 is 2.71 bits per heavy atom. The third-order valence-electron chi connectivity index (χ3n) is 4.63. The van der Waals surface area contributed by atoms with Gasteiger partial charge in [-0.25, -0.2) is 0 Å². The number of halogens is 3. The Bertz CT molecular complexity index is 741. The highest BCUT2D eigenvalue weighted by Gasteiger charge is 2.59. The van der Waals surface area contributed by atoms with Gasteiger partial charge in [-0.3, -0.25) is 4.79 Å². The summed E-state index contributed by atoms with van der Waals surface area (Å²) in [6.07, 6.45) is -2.26. The maximum absolute atomic E-state index is 11.8. The summed E-state index contributed by atoms with van der Waals surface area (Å²) in [5, 5.41) is 0.575. The Hall–Kier alpha value is -0.410. The number of hydrogen-bond acceptors (Lipinski definition) is 6. The van der Waals surface area contributed by atoms with Crippen molar-refractivity contribution in [1.82, 2.24) is 0 Å². The molecule has 0 spiro atoms. The van der Waals surface area contributed by atoms with Gasteiger partial charge in [-0.05, 0) is 55.3 Å². The Kier molecular flexibility index (Phi) is 6.67. The van der Waals surface area contributed by atoms with Gasteiger partial charge >= 0.3 is 5.97 Å². The van der Waals surface area contributed by atoms with Crippen LogP contribution in [-0.2, 0) is 35.1 Å². The van der Waals surface area contributed by atoms with Gasteiger partial charge in [0.15, 0.2) is 12.1 Å². The minimum atomic E-state index is -1.00. The van der Waals surface area contributed by atoms with Crippen LogP contribution in [0.15, 0.2) is 22.7 Å². The molecule has 1 aromatic rings. The summed E-state index contributed by atoms with van der Waals surface area (Å²) in [7, 11) is 0. The van der Waals surface area contributed by atoms with E-state index in [1.54, 1.807) is 13.8 Å². The molecule has 0 N–H and O–H groups in total. The van der Waals surface area contributed by atoms with E-state index in [9.17, 15) is 4.79 Å². The lowest BCUT2D eigenvalue weighted by atomic mass is 9.95. The molecule has 2 saturated heterocycles. The summed E-state index contributed by atoms with van der Waals surface area (Å²) >= 11 is 15.4. The minimum absolute atomic E-state index is 0.231. The van der Waals surface area contributed by atoms with Gasteiger partial charge in [-0.15, -0.1) is 11.6 Å². The summed E-state index contributed by atoms with van der Waals surface area (Å²) in [5.74, 6) is -1.59. The molecule has 2 aliphatic rings. The van der Waals surface area contributed by atoms with Crippen LogP contribution in [0.1, 0.15) is 33.3 Å². The average molecular weight is 498 g/mol. The van der Waals surface area contributed by atoms with Crippen LogP contribution in [0.4, 0.5) is 0 Å². The second kappa shape index (κ2) is 8.38. The number of benzene rings is 1. The molecule has 0 amide bonds. The number of esters is 1. The minimum Gasteiger partial charge on any atom is -0.456 e. The van der Waals surface area contributed by atoms with Crippen molar-refractivity contribution in [2.45, 2.75) is 70.3 Å². The summed E-state index contributed by atoms with van der Waals surface area (Å²) in [5.41, 5.74) is -0.189. The van der Waals surface area contributed by atoms with Crippen LogP contribution in [-0.4, -0.2) is 47.8 Å². The van der Waals surface area contributed by atoms with Crippen LogP contribution in [0, 0.1) is 0 Å². The smallest absolute Gasteiger partial charge is 0.321 e. The molecular formula is C19H23BrCl2O6. The largest absolute Gasteiger partial charge is 0.456 e. The van der Waals surface area contributed by atoms with Crippen molar-refractivity contribution in [3.63, 3.8) is 0 Å². The predicted molar refractivity (Wildman–Crippen MR) is 107 cm³/mol. The van der Waals surface area contributed by atoms with E-state index in [1.165, 1.54) is 0 Å². The lowest BCUT2D eigenvalue weighted by Crippen LogP contribution is -2.50. The first kappa shape index (κ1) is 22.3. The zero-order valence-electron chi connectivity index (χ0n) is 16.0. The second-order valence-corrected chi connectivity index (χ2v) is 9.22. The molecule has 0 saturated carbocycles. The van der Waals surface area contributed by atoms with Crippen molar-refractivity contribution in [3.05, 3.63) is 33.3 Å². The molecule has 3 rings (SSSR count). The third-order valence-corrected chi connectivity index (χ3v) is 6.18. The molecule has 28 heavy (non-hydrogen) atoms. The first-order valence-corrected chi connectivity index (χ1v) is 10.6. The van der Waals surface area contributed by atoms with Gasteiger partial charge in [-0.1, -0.05) is 23.7 Å². The van der Waals surface area contributed by atoms with E-state index in [-0.39, 0.29) is 12.5 Å². The number of alkyl halides is 1. The van der Waals surface area contributed by atoms with Crippen LogP contribution >= 0.6 is 39.1 Å². The van der Waals surface area contributed by atoms with Crippen molar-refractivity contribution in [2.75, 3.05) is 5.88 Å². The first-order chi connectivity index (χ1) is 13.0. The maximum Gasteiger partial charge on any atom is 0.321 e. The van der Waals surface area contributed by atoms with E-state index in [2.05, 4.69) is 15.9 Å². The topological polar surface area (TPSA) is 63.2 Å². The number of carbonyl (C=O) groups excluding carboxylic acids is 1. The molecule has 6 nitrogen and oxygen atoms in total. The zero-order chi connectivity index (χ0) is 20.7. The third kappa shape index (κ3) is 4.67. The quantitative estimate of drug-likeness (QED) is 0.428. The summed E-state index contributed by atoms with van der Waals surface area (Å²) in [6, 6.07) is 5.61. The summed E-state index contributed by atoms with van der Waals surface area (Å²) < 4.78 is 30.3. The molecule has 2 heterocycles. The fourth-order valence-electron chi connectivity index (χ4n) is 3.45. The summed E-state index contributed by atoms with van der Waals surface area (Å²) in [4.78, 5) is 11.8. The van der Waals surface area contributed by atoms with Crippen molar-refractivity contribution in [1.29, 1.82) is 0 Å². The monoisotopic (exact) mass is 496 g/mol. The van der Waals surface area contributed by atoms with Gasteiger partial charge in [0.25, 0.3) is 0 Å². The summed E-state index contributed by atoms with van der Waals surface area (Å²) in [6.45, 7) is 7.35. The van der Waals surface area contributed by atoms with Crippen molar-refractivity contribution < 1.29 is 28.5 Å². The molecule has 156 valence electrons. The fourth-order valence-corrected chi connectivity index (χ4v) is 4.09. The Balaban J connectivity index is 1.81. The van der Waals surface area contributed by atoms with Gasteiger partial charge < -0.3 is 23.7 Å². The van der Waals surface area contributed by atoms with Gasteiger partial charge in [0.05, 0.1) is 11.6 Å². The van der Waals surface area contributed by atoms with E-state index in [4.69, 9.17) is 46.9 Å². The molecule has 1 aromatic carbocycles. The van der Waals surface area contributed by atoms with E-state index in [0.717, 1.165) is 10.0 Å². The normalized spacial score (nSPS) is 29.0. The van der Waals surface area contributed by atoms with Crippen LogP contribution in [0.2, 0.25) is 5.02 Å². The first-order valence-electron chi connectivity index (χ1n) is 8.87. The highest BCUT2D eigenvalue weighted by molar-refractivity contribution is 9.10. The maximum atomic E-state index is 11.8. The Morgan fingerprint density at radius 1 is 1.32 bits per heavy atom.